The van der Waals surface area contributed by atoms with Crippen LogP contribution in [0.3, 0.4) is 0 Å². The summed E-state index contributed by atoms with van der Waals surface area (Å²) in [6, 6.07) is 10.1. The molecule has 3 aromatic rings. The number of aromatic nitrogens is 1. The minimum absolute atomic E-state index is 0.247. The Bertz CT molecular complexity index is 963. The van der Waals surface area contributed by atoms with Gasteiger partial charge in [0.25, 0.3) is 5.91 Å². The van der Waals surface area contributed by atoms with Crippen LogP contribution >= 0.6 is 11.3 Å². The second-order valence-electron chi connectivity index (χ2n) is 5.12. The van der Waals surface area contributed by atoms with Crippen molar-refractivity contribution in [3.8, 4) is 11.5 Å². The molecule has 1 heterocycles. The number of hydrogen-bond acceptors (Lipinski definition) is 6. The Balaban J connectivity index is 1.90. The molecule has 134 valence electrons. The number of rotatable bonds is 5. The first-order chi connectivity index (χ1) is 12.5. The van der Waals surface area contributed by atoms with E-state index in [4.69, 9.17) is 14.6 Å². The lowest BCUT2D eigenvalue weighted by Crippen LogP contribution is -2.13. The molecule has 0 aliphatic carbocycles. The molecule has 0 bridgehead atoms. The van der Waals surface area contributed by atoms with Crippen molar-refractivity contribution >= 4 is 44.4 Å². The van der Waals surface area contributed by atoms with Crippen molar-refractivity contribution in [3.05, 3.63) is 42.0 Å². The lowest BCUT2D eigenvalue weighted by Gasteiger charge is -2.13. The second kappa shape index (κ2) is 7.28. The Labute approximate surface area is 152 Å². The van der Waals surface area contributed by atoms with Gasteiger partial charge in [0.2, 0.25) is 0 Å². The second-order valence-corrected chi connectivity index (χ2v) is 6.15. The van der Waals surface area contributed by atoms with E-state index in [0.29, 0.717) is 33.0 Å². The largest absolute Gasteiger partial charge is 0.494 e. The summed E-state index contributed by atoms with van der Waals surface area (Å²) in [5.74, 6) is 0.602. The number of amides is 2. The van der Waals surface area contributed by atoms with Crippen LogP contribution in [0.15, 0.2) is 36.4 Å². The van der Waals surface area contributed by atoms with Gasteiger partial charge in [-0.3, -0.25) is 10.1 Å². The Kier molecular flexibility index (Phi) is 4.90. The molecule has 26 heavy (non-hydrogen) atoms. The highest BCUT2D eigenvalue weighted by atomic mass is 32.1. The number of para-hydroxylation sites is 1. The molecule has 8 nitrogen and oxygen atoms in total. The first-order valence-corrected chi connectivity index (χ1v) is 8.26. The standard InChI is InChI=1S/C17H15N3O5S/c1-24-11-4-3-5-12(25-2)14(11)19-15(21)9-6-7-10-13(8-9)26-16(18-10)20-17(22)23/h3-8H,1-2H3,(H,18,20)(H,19,21)(H,22,23). The van der Waals surface area contributed by atoms with Gasteiger partial charge in [0.1, 0.15) is 17.2 Å². The fourth-order valence-electron chi connectivity index (χ4n) is 2.37. The van der Waals surface area contributed by atoms with Crippen molar-refractivity contribution in [1.82, 2.24) is 4.98 Å². The molecular weight excluding hydrogens is 358 g/mol. The summed E-state index contributed by atoms with van der Waals surface area (Å²) in [5, 5.41) is 14.0. The summed E-state index contributed by atoms with van der Waals surface area (Å²) in [6.45, 7) is 0. The van der Waals surface area contributed by atoms with Crippen LogP contribution in [-0.2, 0) is 0 Å². The quantitative estimate of drug-likeness (QED) is 0.630. The summed E-state index contributed by atoms with van der Waals surface area (Å²) < 4.78 is 11.2. The lowest BCUT2D eigenvalue weighted by atomic mass is 10.2. The minimum atomic E-state index is -1.19. The van der Waals surface area contributed by atoms with Crippen molar-refractivity contribution in [1.29, 1.82) is 0 Å². The molecule has 0 fully saturated rings. The molecule has 2 aromatic carbocycles. The minimum Gasteiger partial charge on any atom is -0.494 e. The highest BCUT2D eigenvalue weighted by Gasteiger charge is 2.16. The molecule has 0 atom stereocenters. The van der Waals surface area contributed by atoms with Crippen LogP contribution in [0.5, 0.6) is 11.5 Å². The number of benzene rings is 2. The van der Waals surface area contributed by atoms with Crippen LogP contribution in [0.4, 0.5) is 15.6 Å². The topological polar surface area (TPSA) is 110 Å². The third-order valence-electron chi connectivity index (χ3n) is 3.53. The van der Waals surface area contributed by atoms with E-state index in [1.54, 1.807) is 36.4 Å². The van der Waals surface area contributed by atoms with Crippen molar-refractivity contribution < 1.29 is 24.2 Å². The Morgan fingerprint density at radius 3 is 2.38 bits per heavy atom. The lowest BCUT2D eigenvalue weighted by molar-refractivity contribution is 0.102. The van der Waals surface area contributed by atoms with E-state index in [-0.39, 0.29) is 11.0 Å². The summed E-state index contributed by atoms with van der Waals surface area (Å²) in [5.41, 5.74) is 1.43. The number of carbonyl (C=O) groups excluding carboxylic acids is 1. The van der Waals surface area contributed by atoms with Crippen LogP contribution in [0.2, 0.25) is 0 Å². The number of nitrogens with one attached hydrogen (secondary N) is 2. The van der Waals surface area contributed by atoms with Gasteiger partial charge < -0.3 is 19.9 Å². The van der Waals surface area contributed by atoms with Gasteiger partial charge in [0.05, 0.1) is 24.4 Å². The van der Waals surface area contributed by atoms with Gasteiger partial charge in [-0.25, -0.2) is 9.78 Å². The van der Waals surface area contributed by atoms with Crippen LogP contribution < -0.4 is 20.1 Å². The summed E-state index contributed by atoms with van der Waals surface area (Å²) in [6.07, 6.45) is -1.19. The molecule has 9 heteroatoms. The van der Waals surface area contributed by atoms with Gasteiger partial charge in [0.15, 0.2) is 5.13 Å². The third-order valence-corrected chi connectivity index (χ3v) is 4.46. The molecule has 0 saturated carbocycles. The molecule has 3 N–H and O–H groups in total. The monoisotopic (exact) mass is 373 g/mol. The molecule has 0 spiro atoms. The normalized spacial score (nSPS) is 10.4. The maximum atomic E-state index is 12.6. The van der Waals surface area contributed by atoms with Crippen molar-refractivity contribution in [2.45, 2.75) is 0 Å². The number of hydrogen-bond donors (Lipinski definition) is 3. The van der Waals surface area contributed by atoms with E-state index >= 15 is 0 Å². The van der Waals surface area contributed by atoms with Crippen molar-refractivity contribution in [3.63, 3.8) is 0 Å². The van der Waals surface area contributed by atoms with Gasteiger partial charge in [0, 0.05) is 5.56 Å². The highest BCUT2D eigenvalue weighted by Crippen LogP contribution is 2.35. The first kappa shape index (κ1) is 17.5. The van der Waals surface area contributed by atoms with Gasteiger partial charge in [-0.15, -0.1) is 0 Å². The van der Waals surface area contributed by atoms with Crippen LogP contribution in [-0.4, -0.2) is 36.3 Å². The predicted molar refractivity (Wildman–Crippen MR) is 98.8 cm³/mol. The molecule has 0 aliphatic heterocycles. The third kappa shape index (κ3) is 3.52. The van der Waals surface area contributed by atoms with E-state index in [1.165, 1.54) is 14.2 Å². The van der Waals surface area contributed by atoms with E-state index in [9.17, 15) is 9.59 Å². The average molecular weight is 373 g/mol. The zero-order valence-corrected chi connectivity index (χ0v) is 14.7. The van der Waals surface area contributed by atoms with Gasteiger partial charge in [-0.05, 0) is 30.3 Å². The number of thiazole rings is 1. The number of fused-ring (bicyclic) bond motifs is 1. The number of methoxy groups -OCH3 is 2. The Morgan fingerprint density at radius 2 is 1.77 bits per heavy atom. The predicted octanol–water partition coefficient (Wildman–Crippen LogP) is 3.66. The number of ether oxygens (including phenoxy) is 2. The summed E-state index contributed by atoms with van der Waals surface area (Å²) in [4.78, 5) is 27.5. The van der Waals surface area contributed by atoms with Crippen LogP contribution in [0, 0.1) is 0 Å². The van der Waals surface area contributed by atoms with Gasteiger partial charge in [-0.2, -0.15) is 0 Å². The van der Waals surface area contributed by atoms with Crippen molar-refractivity contribution in [2.24, 2.45) is 0 Å². The SMILES string of the molecule is COc1cccc(OC)c1NC(=O)c1ccc2nc(NC(=O)O)sc2c1. The smallest absolute Gasteiger partial charge is 0.410 e. The molecule has 0 aliphatic rings. The fraction of sp³-hybridized carbons (Fsp3) is 0.118. The maximum absolute atomic E-state index is 12.6. The van der Waals surface area contributed by atoms with Crippen LogP contribution in [0.1, 0.15) is 10.4 Å². The molecule has 0 radical (unpaired) electrons. The molecule has 1 aromatic heterocycles. The van der Waals surface area contributed by atoms with E-state index in [1.807, 2.05) is 0 Å². The number of carbonyl (C=O) groups is 2. The van der Waals surface area contributed by atoms with E-state index in [2.05, 4.69) is 15.6 Å². The number of anilines is 2. The molecule has 3 rings (SSSR count). The maximum Gasteiger partial charge on any atom is 0.410 e. The summed E-state index contributed by atoms with van der Waals surface area (Å²) >= 11 is 1.15. The van der Waals surface area contributed by atoms with Gasteiger partial charge >= 0.3 is 6.09 Å². The number of nitrogens with zero attached hydrogens (tertiary/aromatic N) is 1. The molecule has 0 unspecified atom stereocenters. The van der Waals surface area contributed by atoms with Gasteiger partial charge in [-0.1, -0.05) is 17.4 Å². The molecule has 2 amide bonds. The average Bonchev–Trinajstić information content (AvgIpc) is 3.02. The fourth-order valence-corrected chi connectivity index (χ4v) is 3.27. The van der Waals surface area contributed by atoms with E-state index in [0.717, 1.165) is 11.3 Å². The Hall–Kier alpha value is -3.33. The number of carboxylic acid groups (broad SMARTS) is 1. The zero-order chi connectivity index (χ0) is 18.7. The van der Waals surface area contributed by atoms with Crippen LogP contribution in [0.25, 0.3) is 10.2 Å². The molecule has 0 saturated heterocycles. The highest BCUT2D eigenvalue weighted by molar-refractivity contribution is 7.22. The van der Waals surface area contributed by atoms with Crippen molar-refractivity contribution in [2.75, 3.05) is 24.9 Å². The van der Waals surface area contributed by atoms with E-state index < -0.39 is 6.09 Å². The zero-order valence-electron chi connectivity index (χ0n) is 13.9. The summed E-state index contributed by atoms with van der Waals surface area (Å²) in [7, 11) is 3.01. The molecular formula is C17H15N3O5S. The Morgan fingerprint density at radius 1 is 1.08 bits per heavy atom. The first-order valence-electron chi connectivity index (χ1n) is 7.44.